The first-order chi connectivity index (χ1) is 12.6. The summed E-state index contributed by atoms with van der Waals surface area (Å²) in [6.07, 6.45) is 4.80. The molecule has 2 aliphatic carbocycles. The first kappa shape index (κ1) is 16.8. The number of rotatable bonds is 5. The Labute approximate surface area is 152 Å². The zero-order valence-electron chi connectivity index (χ0n) is 14.6. The summed E-state index contributed by atoms with van der Waals surface area (Å²) in [4.78, 5) is 23.5. The van der Waals surface area contributed by atoms with Crippen molar-refractivity contribution in [2.24, 2.45) is 11.8 Å². The molecule has 0 bridgehead atoms. The van der Waals surface area contributed by atoms with Gasteiger partial charge in [0.2, 0.25) is 5.91 Å². The summed E-state index contributed by atoms with van der Waals surface area (Å²) >= 11 is 0. The number of nitrogens with zero attached hydrogens (tertiary/aromatic N) is 2. The van der Waals surface area contributed by atoms with Crippen molar-refractivity contribution in [2.75, 3.05) is 0 Å². The fraction of sp³-hybridized carbons (Fsp3) is 0.450. The maximum atomic E-state index is 12.4. The lowest BCUT2D eigenvalue weighted by Gasteiger charge is -2.10. The summed E-state index contributed by atoms with van der Waals surface area (Å²) < 4.78 is 2.00. The molecule has 2 N–H and O–H groups in total. The van der Waals surface area contributed by atoms with Crippen LogP contribution < -0.4 is 5.32 Å². The molecule has 6 heteroatoms. The van der Waals surface area contributed by atoms with Crippen LogP contribution in [0.3, 0.4) is 0 Å². The van der Waals surface area contributed by atoms with Gasteiger partial charge < -0.3 is 10.4 Å². The SMILES string of the molecule is O=C(O)[C@@H]1CC[C@H](C(=O)NCc2nn(-c3ccccc3)c3c2CCC3)C1. The second-order valence-electron chi connectivity index (χ2n) is 7.24. The van der Waals surface area contributed by atoms with Gasteiger partial charge in [0.15, 0.2) is 0 Å². The highest BCUT2D eigenvalue weighted by Gasteiger charge is 2.34. The van der Waals surface area contributed by atoms with Crippen LogP contribution in [0.4, 0.5) is 0 Å². The molecule has 0 saturated heterocycles. The number of carboxylic acid groups (broad SMARTS) is 1. The molecule has 6 nitrogen and oxygen atoms in total. The highest BCUT2D eigenvalue weighted by molar-refractivity contribution is 5.80. The third-order valence-electron chi connectivity index (χ3n) is 5.60. The lowest BCUT2D eigenvalue weighted by molar-refractivity contribution is -0.141. The minimum Gasteiger partial charge on any atom is -0.481 e. The van der Waals surface area contributed by atoms with Crippen molar-refractivity contribution >= 4 is 11.9 Å². The summed E-state index contributed by atoms with van der Waals surface area (Å²) in [6, 6.07) is 10.1. The molecule has 1 heterocycles. The maximum Gasteiger partial charge on any atom is 0.306 e. The van der Waals surface area contributed by atoms with E-state index in [9.17, 15) is 9.59 Å². The lowest BCUT2D eigenvalue weighted by atomic mass is 10.0. The molecule has 1 amide bonds. The normalized spacial score (nSPS) is 21.5. The zero-order valence-corrected chi connectivity index (χ0v) is 14.6. The number of carbonyl (C=O) groups is 2. The van der Waals surface area contributed by atoms with E-state index in [4.69, 9.17) is 10.2 Å². The minimum atomic E-state index is -0.792. The summed E-state index contributed by atoms with van der Waals surface area (Å²) in [7, 11) is 0. The molecule has 2 atom stereocenters. The molecule has 2 aliphatic rings. The highest BCUT2D eigenvalue weighted by atomic mass is 16.4. The molecule has 26 heavy (non-hydrogen) atoms. The fourth-order valence-electron chi connectivity index (χ4n) is 4.20. The van der Waals surface area contributed by atoms with Crippen LogP contribution in [0.25, 0.3) is 5.69 Å². The number of carbonyl (C=O) groups excluding carboxylic acids is 1. The van der Waals surface area contributed by atoms with Gasteiger partial charge in [0.1, 0.15) is 0 Å². The Morgan fingerprint density at radius 3 is 2.65 bits per heavy atom. The Kier molecular flexibility index (Phi) is 4.49. The predicted octanol–water partition coefficient (Wildman–Crippen LogP) is 2.48. The Bertz CT molecular complexity index is 828. The number of benzene rings is 1. The fourth-order valence-corrected chi connectivity index (χ4v) is 4.20. The highest BCUT2D eigenvalue weighted by Crippen LogP contribution is 2.31. The monoisotopic (exact) mass is 353 g/mol. The second-order valence-corrected chi connectivity index (χ2v) is 7.24. The molecule has 1 fully saturated rings. The molecule has 0 radical (unpaired) electrons. The standard InChI is InChI=1S/C20H23N3O3/c24-19(13-9-10-14(11-13)20(25)26)21-12-17-16-7-4-8-18(16)23(22-17)15-5-2-1-3-6-15/h1-3,5-6,13-14H,4,7-12H2,(H,21,24)(H,25,26)/t13-,14+/m0/s1. The largest absolute Gasteiger partial charge is 0.481 e. The average Bonchev–Trinajstić information content (AvgIpc) is 3.37. The third-order valence-corrected chi connectivity index (χ3v) is 5.60. The van der Waals surface area contributed by atoms with Gasteiger partial charge in [-0.1, -0.05) is 18.2 Å². The van der Waals surface area contributed by atoms with Crippen molar-refractivity contribution in [3.8, 4) is 5.69 Å². The van der Waals surface area contributed by atoms with Gasteiger partial charge in [-0.3, -0.25) is 9.59 Å². The molecule has 0 unspecified atom stereocenters. The Hall–Kier alpha value is -2.63. The van der Waals surface area contributed by atoms with E-state index in [2.05, 4.69) is 5.32 Å². The van der Waals surface area contributed by atoms with E-state index in [0.717, 1.165) is 30.6 Å². The number of carboxylic acids is 1. The number of amides is 1. The molecule has 1 saturated carbocycles. The van der Waals surface area contributed by atoms with Gasteiger partial charge in [-0.15, -0.1) is 0 Å². The number of para-hydroxylation sites is 1. The number of aliphatic carboxylic acids is 1. The smallest absolute Gasteiger partial charge is 0.306 e. The van der Waals surface area contributed by atoms with Gasteiger partial charge in [-0.25, -0.2) is 4.68 Å². The van der Waals surface area contributed by atoms with Crippen molar-refractivity contribution in [1.29, 1.82) is 0 Å². The third kappa shape index (κ3) is 3.11. The van der Waals surface area contributed by atoms with E-state index < -0.39 is 5.97 Å². The number of fused-ring (bicyclic) bond motifs is 1. The van der Waals surface area contributed by atoms with E-state index in [1.165, 1.54) is 11.3 Å². The first-order valence-corrected chi connectivity index (χ1v) is 9.29. The lowest BCUT2D eigenvalue weighted by Crippen LogP contribution is -2.29. The van der Waals surface area contributed by atoms with Crippen LogP contribution in [0.5, 0.6) is 0 Å². The van der Waals surface area contributed by atoms with Crippen LogP contribution >= 0.6 is 0 Å². The number of aromatic nitrogens is 2. The molecule has 4 rings (SSSR count). The van der Waals surface area contributed by atoms with Crippen molar-refractivity contribution < 1.29 is 14.7 Å². The summed E-state index contributed by atoms with van der Waals surface area (Å²) in [6.45, 7) is 0.412. The average molecular weight is 353 g/mol. The van der Waals surface area contributed by atoms with Crippen LogP contribution in [-0.2, 0) is 29.0 Å². The van der Waals surface area contributed by atoms with Crippen LogP contribution in [0.2, 0.25) is 0 Å². The van der Waals surface area contributed by atoms with E-state index in [0.29, 0.717) is 25.8 Å². The maximum absolute atomic E-state index is 12.4. The van der Waals surface area contributed by atoms with Crippen molar-refractivity contribution in [1.82, 2.24) is 15.1 Å². The molecule has 0 aliphatic heterocycles. The van der Waals surface area contributed by atoms with Gasteiger partial charge >= 0.3 is 5.97 Å². The molecular weight excluding hydrogens is 330 g/mol. The van der Waals surface area contributed by atoms with Crippen LogP contribution in [0, 0.1) is 11.8 Å². The molecule has 2 aromatic rings. The van der Waals surface area contributed by atoms with Gasteiger partial charge in [-0.05, 0) is 56.2 Å². The molecule has 136 valence electrons. The van der Waals surface area contributed by atoms with E-state index >= 15 is 0 Å². The van der Waals surface area contributed by atoms with Crippen LogP contribution in [0.15, 0.2) is 30.3 Å². The molecule has 0 spiro atoms. The Balaban J connectivity index is 1.46. The molecule has 1 aromatic carbocycles. The minimum absolute atomic E-state index is 0.0465. The number of nitrogens with one attached hydrogen (secondary N) is 1. The summed E-state index contributed by atoms with van der Waals surface area (Å²) in [5, 5.41) is 16.8. The van der Waals surface area contributed by atoms with Gasteiger partial charge in [0.25, 0.3) is 0 Å². The van der Waals surface area contributed by atoms with E-state index in [-0.39, 0.29) is 17.7 Å². The van der Waals surface area contributed by atoms with Gasteiger partial charge in [0.05, 0.1) is 23.8 Å². The molecular formula is C20H23N3O3. The first-order valence-electron chi connectivity index (χ1n) is 9.29. The zero-order chi connectivity index (χ0) is 18.1. The quantitative estimate of drug-likeness (QED) is 0.865. The topological polar surface area (TPSA) is 84.2 Å². The van der Waals surface area contributed by atoms with E-state index in [1.807, 2.05) is 35.0 Å². The van der Waals surface area contributed by atoms with E-state index in [1.54, 1.807) is 0 Å². The van der Waals surface area contributed by atoms with Crippen LogP contribution in [-0.4, -0.2) is 26.8 Å². The summed E-state index contributed by atoms with van der Waals surface area (Å²) in [5.74, 6) is -1.41. The Morgan fingerprint density at radius 1 is 1.15 bits per heavy atom. The number of hydrogen-bond donors (Lipinski definition) is 2. The Morgan fingerprint density at radius 2 is 1.92 bits per heavy atom. The second kappa shape index (κ2) is 6.94. The van der Waals surface area contributed by atoms with Crippen LogP contribution in [0.1, 0.15) is 42.6 Å². The van der Waals surface area contributed by atoms with Crippen molar-refractivity contribution in [2.45, 2.75) is 45.1 Å². The van der Waals surface area contributed by atoms with Crippen molar-refractivity contribution in [3.05, 3.63) is 47.3 Å². The summed E-state index contributed by atoms with van der Waals surface area (Å²) in [5.41, 5.74) is 4.47. The van der Waals surface area contributed by atoms with Crippen molar-refractivity contribution in [3.63, 3.8) is 0 Å². The molecule has 1 aromatic heterocycles. The number of hydrogen-bond acceptors (Lipinski definition) is 3. The van der Waals surface area contributed by atoms with Gasteiger partial charge in [-0.2, -0.15) is 5.10 Å². The predicted molar refractivity (Wildman–Crippen MR) is 95.9 cm³/mol. The van der Waals surface area contributed by atoms with Gasteiger partial charge in [0, 0.05) is 11.6 Å².